The molecule has 0 saturated heterocycles. The summed E-state index contributed by atoms with van der Waals surface area (Å²) in [5.74, 6) is 2.60. The van der Waals surface area contributed by atoms with E-state index in [9.17, 15) is 0 Å². The second kappa shape index (κ2) is 13.2. The van der Waals surface area contributed by atoms with Crippen molar-refractivity contribution in [2.45, 2.75) is 0 Å². The standard InChI is InChI=1S/C49H29N5OS/c1-4-12-32(13-5-1)46-50-43(45-44(51-46)38-18-10-11-19-42(38)56-45)31-22-20-30(21-23-31)35-24-26-37-39-28-36(25-27-40(39)55-41(37)29-35)49-53-47(33-14-6-2-7-15-33)52-48(54-49)34-16-8-3-9-17-34/h1-29H. The van der Waals surface area contributed by atoms with Crippen molar-refractivity contribution in [3.8, 4) is 67.9 Å². The van der Waals surface area contributed by atoms with Crippen molar-refractivity contribution in [2.75, 3.05) is 0 Å². The van der Waals surface area contributed by atoms with Crippen LogP contribution < -0.4 is 0 Å². The molecule has 0 saturated carbocycles. The summed E-state index contributed by atoms with van der Waals surface area (Å²) in [4.78, 5) is 24.9. The molecule has 0 aliphatic carbocycles. The van der Waals surface area contributed by atoms with Crippen molar-refractivity contribution in [2.24, 2.45) is 0 Å². The Morgan fingerprint density at radius 3 is 1.54 bits per heavy atom. The third-order valence-electron chi connectivity index (χ3n) is 10.2. The average Bonchev–Trinajstić information content (AvgIpc) is 3.84. The average molecular weight is 736 g/mol. The summed E-state index contributed by atoms with van der Waals surface area (Å²) in [5, 5.41) is 3.19. The number of furan rings is 1. The summed E-state index contributed by atoms with van der Waals surface area (Å²) in [5.41, 5.74) is 10.5. The van der Waals surface area contributed by atoms with E-state index in [1.807, 2.05) is 91.0 Å². The maximum absolute atomic E-state index is 6.45. The van der Waals surface area contributed by atoms with Crippen LogP contribution in [0, 0.1) is 0 Å². The van der Waals surface area contributed by atoms with Gasteiger partial charge in [-0.3, -0.25) is 0 Å². The molecule has 0 amide bonds. The summed E-state index contributed by atoms with van der Waals surface area (Å²) in [6.07, 6.45) is 0. The second-order valence-electron chi connectivity index (χ2n) is 13.7. The summed E-state index contributed by atoms with van der Waals surface area (Å²) < 4.78 is 8.74. The van der Waals surface area contributed by atoms with Gasteiger partial charge in [0.2, 0.25) is 0 Å². The SMILES string of the molecule is c1ccc(-c2nc(-c3ccccc3)nc(-c3ccc4oc5cc(-c6ccc(-c7nc(-c8ccccc8)nc8c7sc7ccccc78)cc6)ccc5c4c3)n2)cc1. The van der Waals surface area contributed by atoms with E-state index >= 15 is 0 Å². The summed E-state index contributed by atoms with van der Waals surface area (Å²) >= 11 is 1.74. The molecule has 0 atom stereocenters. The van der Waals surface area contributed by atoms with Gasteiger partial charge in [0, 0.05) is 48.7 Å². The lowest BCUT2D eigenvalue weighted by Crippen LogP contribution is -2.00. The van der Waals surface area contributed by atoms with E-state index < -0.39 is 0 Å². The van der Waals surface area contributed by atoms with Gasteiger partial charge in [0.25, 0.3) is 0 Å². The third kappa shape index (κ3) is 5.61. The molecular weight excluding hydrogens is 707 g/mol. The van der Waals surface area contributed by atoms with E-state index in [0.29, 0.717) is 17.5 Å². The van der Waals surface area contributed by atoms with Crippen LogP contribution in [-0.2, 0) is 0 Å². The maximum atomic E-state index is 6.45. The predicted molar refractivity (Wildman–Crippen MR) is 228 cm³/mol. The fourth-order valence-corrected chi connectivity index (χ4v) is 8.51. The number of benzene rings is 7. The van der Waals surface area contributed by atoms with Crippen LogP contribution in [0.3, 0.4) is 0 Å². The Balaban J connectivity index is 0.963. The number of nitrogens with zero attached hydrogens (tertiary/aromatic N) is 5. The molecule has 4 heterocycles. The van der Waals surface area contributed by atoms with Gasteiger partial charge in [0.1, 0.15) is 11.2 Å². The summed E-state index contributed by atoms with van der Waals surface area (Å²) in [6.45, 7) is 0. The first-order chi connectivity index (χ1) is 27.7. The van der Waals surface area contributed by atoms with Crippen LogP contribution in [-0.4, -0.2) is 24.9 Å². The maximum Gasteiger partial charge on any atom is 0.164 e. The van der Waals surface area contributed by atoms with Gasteiger partial charge >= 0.3 is 0 Å². The Bertz CT molecular complexity index is 3180. The van der Waals surface area contributed by atoms with E-state index in [2.05, 4.69) is 84.9 Å². The normalized spacial score (nSPS) is 11.6. The summed E-state index contributed by atoms with van der Waals surface area (Å²) in [7, 11) is 0. The second-order valence-corrected chi connectivity index (χ2v) is 14.7. The highest BCUT2D eigenvalue weighted by Crippen LogP contribution is 2.40. The van der Waals surface area contributed by atoms with Crippen molar-refractivity contribution in [1.82, 2.24) is 24.9 Å². The molecule has 0 radical (unpaired) electrons. The number of thiophene rings is 1. The third-order valence-corrected chi connectivity index (χ3v) is 11.3. The molecule has 56 heavy (non-hydrogen) atoms. The number of hydrogen-bond donors (Lipinski definition) is 0. The molecule has 11 rings (SSSR count). The smallest absolute Gasteiger partial charge is 0.164 e. The van der Waals surface area contributed by atoms with E-state index in [4.69, 9.17) is 29.3 Å². The van der Waals surface area contributed by atoms with Crippen molar-refractivity contribution in [1.29, 1.82) is 0 Å². The Morgan fingerprint density at radius 1 is 0.339 bits per heavy atom. The minimum Gasteiger partial charge on any atom is -0.456 e. The molecule has 0 fully saturated rings. The van der Waals surface area contributed by atoms with Crippen molar-refractivity contribution in [3.63, 3.8) is 0 Å². The molecule has 0 bridgehead atoms. The molecular formula is C49H29N5OS. The van der Waals surface area contributed by atoms with E-state index in [0.717, 1.165) is 88.0 Å². The number of aromatic nitrogens is 5. The molecule has 7 heteroatoms. The van der Waals surface area contributed by atoms with Crippen LogP contribution in [0.2, 0.25) is 0 Å². The van der Waals surface area contributed by atoms with E-state index in [1.54, 1.807) is 11.3 Å². The van der Waals surface area contributed by atoms with E-state index in [-0.39, 0.29) is 0 Å². The predicted octanol–water partition coefficient (Wildman–Crippen LogP) is 12.9. The fourth-order valence-electron chi connectivity index (χ4n) is 7.36. The zero-order valence-electron chi connectivity index (χ0n) is 29.8. The van der Waals surface area contributed by atoms with Crippen molar-refractivity contribution in [3.05, 3.63) is 176 Å². The first-order valence-electron chi connectivity index (χ1n) is 18.4. The molecule has 0 N–H and O–H groups in total. The largest absolute Gasteiger partial charge is 0.456 e. The van der Waals surface area contributed by atoms with Crippen LogP contribution in [0.25, 0.3) is 110 Å². The number of rotatable bonds is 6. The van der Waals surface area contributed by atoms with Gasteiger partial charge in [-0.1, -0.05) is 140 Å². The van der Waals surface area contributed by atoms with Crippen LogP contribution in [0.15, 0.2) is 180 Å². The minimum atomic E-state index is 0.609. The zero-order chi connectivity index (χ0) is 37.0. The Kier molecular flexibility index (Phi) is 7.57. The number of hydrogen-bond acceptors (Lipinski definition) is 7. The Labute approximate surface area is 325 Å². The molecule has 6 nitrogen and oxygen atoms in total. The molecule has 0 aliphatic heterocycles. The minimum absolute atomic E-state index is 0.609. The first kappa shape index (κ1) is 32.1. The quantitative estimate of drug-likeness (QED) is 0.169. The highest BCUT2D eigenvalue weighted by Gasteiger charge is 2.18. The molecule has 11 aromatic rings. The van der Waals surface area contributed by atoms with Gasteiger partial charge in [0.05, 0.1) is 15.9 Å². The van der Waals surface area contributed by atoms with Gasteiger partial charge in [-0.25, -0.2) is 24.9 Å². The Hall–Kier alpha value is -7.35. The van der Waals surface area contributed by atoms with Gasteiger partial charge in [-0.05, 0) is 47.5 Å². The van der Waals surface area contributed by atoms with Gasteiger partial charge < -0.3 is 4.42 Å². The van der Waals surface area contributed by atoms with Gasteiger partial charge in [0.15, 0.2) is 23.3 Å². The highest BCUT2D eigenvalue weighted by atomic mass is 32.1. The molecule has 7 aromatic carbocycles. The first-order valence-corrected chi connectivity index (χ1v) is 19.2. The fraction of sp³-hybridized carbons (Fsp3) is 0. The zero-order valence-corrected chi connectivity index (χ0v) is 30.6. The Morgan fingerprint density at radius 2 is 0.875 bits per heavy atom. The van der Waals surface area contributed by atoms with E-state index in [1.165, 1.54) is 4.70 Å². The molecule has 0 unspecified atom stereocenters. The molecule has 0 aliphatic rings. The van der Waals surface area contributed by atoms with Gasteiger partial charge in [-0.15, -0.1) is 11.3 Å². The van der Waals surface area contributed by atoms with Crippen molar-refractivity contribution < 1.29 is 4.42 Å². The van der Waals surface area contributed by atoms with Crippen LogP contribution in [0.5, 0.6) is 0 Å². The molecule has 262 valence electrons. The lowest BCUT2D eigenvalue weighted by Gasteiger charge is -2.08. The molecule has 4 aromatic heterocycles. The van der Waals surface area contributed by atoms with Crippen LogP contribution in [0.1, 0.15) is 0 Å². The summed E-state index contributed by atoms with van der Waals surface area (Å²) in [6, 6.07) is 59.9. The topological polar surface area (TPSA) is 77.6 Å². The van der Waals surface area contributed by atoms with Gasteiger partial charge in [-0.2, -0.15) is 0 Å². The van der Waals surface area contributed by atoms with Crippen molar-refractivity contribution >= 4 is 53.6 Å². The van der Waals surface area contributed by atoms with Crippen LogP contribution in [0.4, 0.5) is 0 Å². The highest BCUT2D eigenvalue weighted by molar-refractivity contribution is 7.26. The lowest BCUT2D eigenvalue weighted by molar-refractivity contribution is 0.669. The number of fused-ring (bicyclic) bond motifs is 6. The lowest BCUT2D eigenvalue weighted by atomic mass is 10.0. The molecule has 0 spiro atoms. The van der Waals surface area contributed by atoms with Crippen LogP contribution >= 0.6 is 11.3 Å². The monoisotopic (exact) mass is 735 g/mol.